The van der Waals surface area contributed by atoms with Crippen molar-refractivity contribution in [2.24, 2.45) is 0 Å². The Morgan fingerprint density at radius 1 is 0.215 bits per heavy atom. The molecule has 0 bridgehead atoms. The second-order valence-electron chi connectivity index (χ2n) is 23.1. The van der Waals surface area contributed by atoms with Crippen molar-refractivity contribution in [1.82, 2.24) is 0 Å². The number of rotatable bonds is 16. The van der Waals surface area contributed by atoms with E-state index >= 15 is 0 Å². The molecule has 0 aliphatic heterocycles. The van der Waals surface area contributed by atoms with E-state index in [2.05, 4.69) is 121 Å². The van der Waals surface area contributed by atoms with Gasteiger partial charge in [-0.2, -0.15) is 0 Å². The van der Waals surface area contributed by atoms with Gasteiger partial charge in [-0.05, 0) is 233 Å². The second kappa shape index (κ2) is 23.6. The molecular weight excluding hydrogens is 1160 g/mol. The molecule has 12 heteroatoms. The van der Waals surface area contributed by atoms with Gasteiger partial charge >= 0.3 is 0 Å². The number of nitrogens with two attached hydrogens (primary N) is 4. The molecule has 0 heterocycles. The van der Waals surface area contributed by atoms with Crippen LogP contribution in [0.1, 0.15) is 22.3 Å². The highest BCUT2D eigenvalue weighted by atomic mass is 16.5. The van der Waals surface area contributed by atoms with Gasteiger partial charge in [-0.25, -0.2) is 0 Å². The first-order valence-electron chi connectivity index (χ1n) is 30.4. The molecule has 2 aliphatic carbocycles. The van der Waals surface area contributed by atoms with E-state index in [0.29, 0.717) is 68.7 Å². The Balaban J connectivity index is 1.33. The molecule has 0 atom stereocenters. The predicted octanol–water partition coefficient (Wildman–Crippen LogP) is 17.8. The van der Waals surface area contributed by atoms with E-state index in [-0.39, 0.29) is 0 Å². The summed E-state index contributed by atoms with van der Waals surface area (Å²) in [5.41, 5.74) is 53.4. The lowest BCUT2D eigenvalue weighted by atomic mass is 9.65. The third-order valence-electron chi connectivity index (χ3n) is 18.5. The highest BCUT2D eigenvalue weighted by Gasteiger charge is 2.58. The third kappa shape index (κ3) is 9.43. The number of anilines is 4. The van der Waals surface area contributed by atoms with Crippen molar-refractivity contribution in [3.63, 3.8) is 0 Å². The zero-order chi connectivity index (χ0) is 64.4. The van der Waals surface area contributed by atoms with E-state index in [4.69, 9.17) is 60.8 Å². The SMILES string of the molecule is COc1ccc(-c2cc(N)cc3c2-c2c(-c4ccc(OC)cc4)c(-c4ccc(OC)cc4)c(N)c(-c4ccc(OC)cc4)c2C32c3cc(N)cc(-c4ccc(OC)cc4)c3-c3c(-c4ccc(OC)cc4)c(-c4ccc(OC)cc4)c(N)c(-c4ccc(OC)cc4)c32)cc1. The number of benzene rings is 12. The molecule has 12 aromatic rings. The van der Waals surface area contributed by atoms with Crippen LogP contribution >= 0.6 is 0 Å². The van der Waals surface area contributed by atoms with Crippen LogP contribution in [0, 0.1) is 0 Å². The maximum absolute atomic E-state index is 8.43. The smallest absolute Gasteiger partial charge is 0.118 e. The zero-order valence-electron chi connectivity index (χ0n) is 52.9. The van der Waals surface area contributed by atoms with Crippen molar-refractivity contribution >= 4 is 22.7 Å². The van der Waals surface area contributed by atoms with E-state index in [1.807, 2.05) is 97.1 Å². The summed E-state index contributed by atoms with van der Waals surface area (Å²) in [5.74, 6) is 5.50. The summed E-state index contributed by atoms with van der Waals surface area (Å²) in [5, 5.41) is 0. The molecular formula is C81H68N4O8. The van der Waals surface area contributed by atoms with E-state index in [1.54, 1.807) is 56.9 Å². The lowest BCUT2D eigenvalue weighted by Crippen LogP contribution is -2.29. The minimum absolute atomic E-state index is 0.513. The number of nitrogen functional groups attached to an aromatic ring is 4. The Morgan fingerprint density at radius 2 is 0.419 bits per heavy atom. The highest BCUT2D eigenvalue weighted by Crippen LogP contribution is 2.74. The summed E-state index contributed by atoms with van der Waals surface area (Å²) in [4.78, 5) is 0. The standard InChI is InChI=1S/C81H68N4O8/c1-86-55-25-9-45(10-26-55)63-41-53(82)43-65-73(63)75-67(47-13-29-57(88-3)30-14-47)69(49-17-33-59(90-5)34-18-49)79(84)71(51-21-37-61(92-7)38-22-51)77(75)81(65)66-44-54(83)42-64(46-11-27-56(87-2)28-12-46)74(66)76-68(48-15-31-58(89-4)32-16-48)70(50-19-35-60(91-6)36-20-50)80(85)72(78(76)81)52-23-39-62(93-8)40-24-52/h9-44H,82-85H2,1-8H3. The molecule has 14 rings (SSSR count). The maximum atomic E-state index is 8.43. The number of fused-ring (bicyclic) bond motifs is 10. The monoisotopic (exact) mass is 1220 g/mol. The van der Waals surface area contributed by atoms with Gasteiger partial charge in [-0.15, -0.1) is 0 Å². The summed E-state index contributed by atoms with van der Waals surface area (Å²) in [6.07, 6.45) is 0. The van der Waals surface area contributed by atoms with Gasteiger partial charge in [0.2, 0.25) is 0 Å². The van der Waals surface area contributed by atoms with Crippen molar-refractivity contribution < 1.29 is 37.9 Å². The minimum Gasteiger partial charge on any atom is -0.497 e. The van der Waals surface area contributed by atoms with Crippen LogP contribution in [0.3, 0.4) is 0 Å². The molecule has 12 nitrogen and oxygen atoms in total. The summed E-state index contributed by atoms with van der Waals surface area (Å²) in [6, 6.07) is 73.8. The fraction of sp³-hybridized carbons (Fsp3) is 0.111. The molecule has 1 spiro atoms. The average Bonchev–Trinajstić information content (AvgIpc) is 1.48. The lowest BCUT2D eigenvalue weighted by molar-refractivity contribution is 0.414. The molecule has 0 radical (unpaired) electrons. The molecule has 2 aliphatic rings. The molecule has 0 aromatic heterocycles. The molecule has 0 saturated carbocycles. The van der Waals surface area contributed by atoms with E-state index in [1.165, 1.54) is 0 Å². The van der Waals surface area contributed by atoms with E-state index in [9.17, 15) is 0 Å². The van der Waals surface area contributed by atoms with Crippen molar-refractivity contribution in [2.75, 3.05) is 79.8 Å². The van der Waals surface area contributed by atoms with Crippen LogP contribution in [-0.2, 0) is 5.41 Å². The molecule has 0 unspecified atom stereocenters. The third-order valence-corrected chi connectivity index (χ3v) is 18.5. The van der Waals surface area contributed by atoms with Gasteiger partial charge in [0.05, 0.1) is 62.3 Å². The Hall–Kier alpha value is -11.8. The quantitative estimate of drug-likeness (QED) is 0.0674. The Morgan fingerprint density at radius 3 is 0.645 bits per heavy atom. The Bertz CT molecular complexity index is 4550. The molecule has 8 N–H and O–H groups in total. The van der Waals surface area contributed by atoms with Crippen LogP contribution < -0.4 is 60.8 Å². The first-order chi connectivity index (χ1) is 45.4. The van der Waals surface area contributed by atoms with Crippen molar-refractivity contribution in [3.8, 4) is 157 Å². The Labute approximate surface area is 541 Å². The molecule has 0 saturated heterocycles. The number of ether oxygens (including phenoxy) is 8. The van der Waals surface area contributed by atoms with Gasteiger partial charge in [-0.1, -0.05) is 97.1 Å². The van der Waals surface area contributed by atoms with E-state index < -0.39 is 5.41 Å². The summed E-state index contributed by atoms with van der Waals surface area (Å²) < 4.78 is 47.1. The van der Waals surface area contributed by atoms with Crippen molar-refractivity contribution in [1.29, 1.82) is 0 Å². The zero-order valence-corrected chi connectivity index (χ0v) is 52.9. The van der Waals surface area contributed by atoms with Crippen molar-refractivity contribution in [3.05, 3.63) is 241 Å². The van der Waals surface area contributed by atoms with Gasteiger partial charge in [0.1, 0.15) is 46.0 Å². The summed E-state index contributed by atoms with van der Waals surface area (Å²) in [7, 11) is 13.4. The number of hydrogen-bond donors (Lipinski definition) is 4. The fourth-order valence-corrected chi connectivity index (χ4v) is 14.4. The molecule has 0 amide bonds. The topological polar surface area (TPSA) is 178 Å². The minimum atomic E-state index is -1.44. The van der Waals surface area contributed by atoms with Crippen LogP contribution in [0.25, 0.3) is 111 Å². The number of methoxy groups -OCH3 is 8. The highest BCUT2D eigenvalue weighted by molar-refractivity contribution is 6.20. The summed E-state index contributed by atoms with van der Waals surface area (Å²) in [6.45, 7) is 0. The lowest BCUT2D eigenvalue weighted by Gasteiger charge is -2.36. The summed E-state index contributed by atoms with van der Waals surface area (Å²) >= 11 is 0. The number of hydrogen-bond acceptors (Lipinski definition) is 12. The van der Waals surface area contributed by atoms with Crippen LogP contribution in [0.2, 0.25) is 0 Å². The van der Waals surface area contributed by atoms with Gasteiger partial charge in [0.15, 0.2) is 0 Å². The molecule has 0 fully saturated rings. The van der Waals surface area contributed by atoms with Gasteiger partial charge in [0.25, 0.3) is 0 Å². The van der Waals surface area contributed by atoms with E-state index in [0.717, 1.165) is 134 Å². The van der Waals surface area contributed by atoms with Crippen LogP contribution in [0.15, 0.2) is 218 Å². The normalized spacial score (nSPS) is 12.1. The molecule has 460 valence electrons. The molecule has 93 heavy (non-hydrogen) atoms. The Kier molecular flexibility index (Phi) is 14.9. The average molecular weight is 1230 g/mol. The van der Waals surface area contributed by atoms with Crippen molar-refractivity contribution in [2.45, 2.75) is 5.41 Å². The molecule has 12 aromatic carbocycles. The maximum Gasteiger partial charge on any atom is 0.118 e. The second-order valence-corrected chi connectivity index (χ2v) is 23.1. The first kappa shape index (κ1) is 58.9. The van der Waals surface area contributed by atoms with Crippen LogP contribution in [-0.4, -0.2) is 56.9 Å². The van der Waals surface area contributed by atoms with Crippen LogP contribution in [0.5, 0.6) is 46.0 Å². The van der Waals surface area contributed by atoms with Gasteiger partial charge < -0.3 is 60.8 Å². The first-order valence-corrected chi connectivity index (χ1v) is 30.4. The van der Waals surface area contributed by atoms with Gasteiger partial charge in [0, 0.05) is 45.0 Å². The van der Waals surface area contributed by atoms with Crippen LogP contribution in [0.4, 0.5) is 22.7 Å². The predicted molar refractivity (Wildman–Crippen MR) is 376 cm³/mol. The largest absolute Gasteiger partial charge is 0.497 e. The van der Waals surface area contributed by atoms with Gasteiger partial charge in [-0.3, -0.25) is 0 Å². The fourth-order valence-electron chi connectivity index (χ4n) is 14.4.